The monoisotopic (exact) mass is 229 g/mol. The first-order chi connectivity index (χ1) is 7.09. The number of ether oxygens (including phenoxy) is 1. The number of hydrogen-bond acceptors (Lipinski definition) is 4. The number of carbonyl (C=O) groups is 1. The second-order valence-electron chi connectivity index (χ2n) is 2.83. The predicted molar refractivity (Wildman–Crippen MR) is 59.9 cm³/mol. The van der Waals surface area contributed by atoms with Crippen molar-refractivity contribution >= 4 is 29.1 Å². The van der Waals surface area contributed by atoms with Crippen LogP contribution in [-0.4, -0.2) is 19.2 Å². The van der Waals surface area contributed by atoms with E-state index >= 15 is 0 Å². The van der Waals surface area contributed by atoms with Crippen molar-refractivity contribution in [3.8, 4) is 0 Å². The van der Waals surface area contributed by atoms with Gasteiger partial charge in [0.25, 0.3) is 0 Å². The molecule has 5 nitrogen and oxygen atoms in total. The molecule has 1 aromatic rings. The quantitative estimate of drug-likeness (QED) is 0.538. The Morgan fingerprint density at radius 2 is 2.27 bits per heavy atom. The van der Waals surface area contributed by atoms with Crippen molar-refractivity contribution in [2.24, 2.45) is 5.73 Å². The molecular formula is C9H12ClN3O2. The number of amides is 1. The number of rotatable bonds is 4. The molecule has 82 valence electrons. The Balaban J connectivity index is 2.43. The lowest BCUT2D eigenvalue weighted by molar-refractivity contribution is 0.161. The van der Waals surface area contributed by atoms with Gasteiger partial charge in [-0.15, -0.1) is 0 Å². The minimum atomic E-state index is -0.795. The standard InChI is InChI=1S/C9H12ClN3O2/c10-6-1-2-7(11)8(5-6)13-3-4-15-9(12)14/h1-2,5,13H,3-4,11H2,(H2,12,14). The zero-order valence-corrected chi connectivity index (χ0v) is 8.75. The van der Waals surface area contributed by atoms with E-state index in [4.69, 9.17) is 23.1 Å². The van der Waals surface area contributed by atoms with E-state index in [1.165, 1.54) is 0 Å². The van der Waals surface area contributed by atoms with Crippen LogP contribution in [0.1, 0.15) is 0 Å². The molecule has 0 saturated carbocycles. The fraction of sp³-hybridized carbons (Fsp3) is 0.222. The van der Waals surface area contributed by atoms with Gasteiger partial charge >= 0.3 is 6.09 Å². The Morgan fingerprint density at radius 1 is 1.53 bits per heavy atom. The van der Waals surface area contributed by atoms with Crippen LogP contribution in [-0.2, 0) is 4.74 Å². The van der Waals surface area contributed by atoms with Crippen molar-refractivity contribution in [1.82, 2.24) is 0 Å². The lowest BCUT2D eigenvalue weighted by Crippen LogP contribution is -2.18. The average molecular weight is 230 g/mol. The van der Waals surface area contributed by atoms with Crippen molar-refractivity contribution in [3.63, 3.8) is 0 Å². The van der Waals surface area contributed by atoms with E-state index in [-0.39, 0.29) is 6.61 Å². The van der Waals surface area contributed by atoms with Crippen molar-refractivity contribution in [2.45, 2.75) is 0 Å². The van der Waals surface area contributed by atoms with Crippen molar-refractivity contribution in [2.75, 3.05) is 24.2 Å². The Bertz CT molecular complexity index is 357. The van der Waals surface area contributed by atoms with Gasteiger partial charge in [-0.2, -0.15) is 0 Å². The Kier molecular flexibility index (Phi) is 4.05. The number of nitrogens with two attached hydrogens (primary N) is 2. The highest BCUT2D eigenvalue weighted by Crippen LogP contribution is 2.22. The second kappa shape index (κ2) is 5.31. The molecule has 0 atom stereocenters. The number of nitrogen functional groups attached to an aromatic ring is 1. The molecule has 0 saturated heterocycles. The van der Waals surface area contributed by atoms with Gasteiger partial charge < -0.3 is 21.5 Å². The first kappa shape index (κ1) is 11.5. The first-order valence-electron chi connectivity index (χ1n) is 4.30. The molecule has 6 heteroatoms. The fourth-order valence-corrected chi connectivity index (χ4v) is 1.19. The van der Waals surface area contributed by atoms with Crippen LogP contribution in [0.4, 0.5) is 16.2 Å². The summed E-state index contributed by atoms with van der Waals surface area (Å²) >= 11 is 5.78. The molecule has 0 aliphatic heterocycles. The molecule has 0 aliphatic carbocycles. The molecule has 1 amide bonds. The van der Waals surface area contributed by atoms with Crippen LogP contribution in [0.15, 0.2) is 18.2 Å². The molecule has 0 spiro atoms. The molecule has 5 N–H and O–H groups in total. The zero-order valence-electron chi connectivity index (χ0n) is 8.00. The second-order valence-corrected chi connectivity index (χ2v) is 3.26. The van der Waals surface area contributed by atoms with Gasteiger partial charge in [0.1, 0.15) is 6.61 Å². The Labute approximate surface area is 92.3 Å². The number of anilines is 2. The maximum Gasteiger partial charge on any atom is 0.404 e. The third-order valence-electron chi connectivity index (χ3n) is 1.68. The van der Waals surface area contributed by atoms with Gasteiger partial charge in [-0.25, -0.2) is 4.79 Å². The maximum atomic E-state index is 10.3. The summed E-state index contributed by atoms with van der Waals surface area (Å²) in [5, 5.41) is 3.55. The molecule has 1 aromatic carbocycles. The number of hydrogen-bond donors (Lipinski definition) is 3. The molecule has 1 rings (SSSR count). The highest BCUT2D eigenvalue weighted by Gasteiger charge is 1.99. The van der Waals surface area contributed by atoms with E-state index in [2.05, 4.69) is 10.1 Å². The molecule has 0 radical (unpaired) electrons. The number of carbonyl (C=O) groups excluding carboxylic acids is 1. The van der Waals surface area contributed by atoms with Crippen LogP contribution < -0.4 is 16.8 Å². The minimum absolute atomic E-state index is 0.182. The van der Waals surface area contributed by atoms with Gasteiger partial charge in [0, 0.05) is 11.6 Å². The zero-order chi connectivity index (χ0) is 11.3. The third-order valence-corrected chi connectivity index (χ3v) is 1.91. The molecule has 0 heterocycles. The van der Waals surface area contributed by atoms with Crippen LogP contribution >= 0.6 is 11.6 Å². The van der Waals surface area contributed by atoms with E-state index in [0.29, 0.717) is 22.9 Å². The fourth-order valence-electron chi connectivity index (χ4n) is 1.02. The number of halogens is 1. The predicted octanol–water partition coefficient (Wildman–Crippen LogP) is 1.43. The van der Waals surface area contributed by atoms with Gasteiger partial charge in [0.2, 0.25) is 0 Å². The highest BCUT2D eigenvalue weighted by molar-refractivity contribution is 6.31. The summed E-state index contributed by atoms with van der Waals surface area (Å²) in [6.45, 7) is 0.606. The Hall–Kier alpha value is -1.62. The smallest absolute Gasteiger partial charge is 0.404 e. The van der Waals surface area contributed by atoms with Crippen molar-refractivity contribution in [3.05, 3.63) is 23.2 Å². The van der Waals surface area contributed by atoms with E-state index in [1.54, 1.807) is 18.2 Å². The van der Waals surface area contributed by atoms with Crippen molar-refractivity contribution < 1.29 is 9.53 Å². The minimum Gasteiger partial charge on any atom is -0.448 e. The highest BCUT2D eigenvalue weighted by atomic mass is 35.5. The van der Waals surface area contributed by atoms with Crippen LogP contribution in [0.5, 0.6) is 0 Å². The Morgan fingerprint density at radius 3 is 2.93 bits per heavy atom. The lowest BCUT2D eigenvalue weighted by Gasteiger charge is -2.09. The van der Waals surface area contributed by atoms with Crippen molar-refractivity contribution in [1.29, 1.82) is 0 Å². The molecule has 0 bridgehead atoms. The van der Waals surface area contributed by atoms with Gasteiger partial charge in [0.15, 0.2) is 0 Å². The van der Waals surface area contributed by atoms with E-state index < -0.39 is 6.09 Å². The van der Waals surface area contributed by atoms with Gasteiger partial charge in [-0.1, -0.05) is 11.6 Å². The molecule has 0 unspecified atom stereocenters. The van der Waals surface area contributed by atoms with E-state index in [0.717, 1.165) is 0 Å². The molecule has 0 aromatic heterocycles. The lowest BCUT2D eigenvalue weighted by atomic mass is 10.2. The number of primary amides is 1. The molecule has 0 fully saturated rings. The summed E-state index contributed by atoms with van der Waals surface area (Å²) in [4.78, 5) is 10.3. The largest absolute Gasteiger partial charge is 0.448 e. The summed E-state index contributed by atoms with van der Waals surface area (Å²) in [7, 11) is 0. The summed E-state index contributed by atoms with van der Waals surface area (Å²) in [5.74, 6) is 0. The SMILES string of the molecule is NC(=O)OCCNc1cc(Cl)ccc1N. The van der Waals surface area contributed by atoms with Crippen LogP contribution in [0, 0.1) is 0 Å². The molecule has 0 aliphatic rings. The van der Waals surface area contributed by atoms with Gasteiger partial charge in [-0.3, -0.25) is 0 Å². The van der Waals surface area contributed by atoms with Crippen LogP contribution in [0.3, 0.4) is 0 Å². The summed E-state index contributed by atoms with van der Waals surface area (Å²) in [6, 6.07) is 5.09. The molecular weight excluding hydrogens is 218 g/mol. The van der Waals surface area contributed by atoms with Crippen LogP contribution in [0.2, 0.25) is 5.02 Å². The number of nitrogens with one attached hydrogen (secondary N) is 1. The average Bonchev–Trinajstić information content (AvgIpc) is 2.17. The van der Waals surface area contributed by atoms with E-state index in [1.807, 2.05) is 0 Å². The summed E-state index contributed by atoms with van der Waals surface area (Å²) < 4.78 is 4.54. The van der Waals surface area contributed by atoms with Crippen LogP contribution in [0.25, 0.3) is 0 Å². The third kappa shape index (κ3) is 3.95. The topological polar surface area (TPSA) is 90.4 Å². The van der Waals surface area contributed by atoms with E-state index in [9.17, 15) is 4.79 Å². The summed E-state index contributed by atoms with van der Waals surface area (Å²) in [5.41, 5.74) is 11.8. The summed E-state index contributed by atoms with van der Waals surface area (Å²) in [6.07, 6.45) is -0.795. The maximum absolute atomic E-state index is 10.3. The van der Waals surface area contributed by atoms with Gasteiger partial charge in [-0.05, 0) is 18.2 Å². The molecule has 15 heavy (non-hydrogen) atoms. The first-order valence-corrected chi connectivity index (χ1v) is 4.68. The van der Waals surface area contributed by atoms with Gasteiger partial charge in [0.05, 0.1) is 11.4 Å². The number of benzene rings is 1. The normalized spacial score (nSPS) is 9.67.